The predicted molar refractivity (Wildman–Crippen MR) is 79.8 cm³/mol. The largest absolute Gasteiger partial charge is 0.323 e. The lowest BCUT2D eigenvalue weighted by atomic mass is 9.82. The van der Waals surface area contributed by atoms with Gasteiger partial charge >= 0.3 is 0 Å². The molecular formula is C17H20FN3. The van der Waals surface area contributed by atoms with Gasteiger partial charge in [0.05, 0.1) is 24.3 Å². The number of hydrogen-bond acceptors (Lipinski definition) is 2. The number of aromatic nitrogens is 3. The van der Waals surface area contributed by atoms with Crippen LogP contribution in [0.1, 0.15) is 56.6 Å². The Morgan fingerprint density at radius 2 is 2.05 bits per heavy atom. The number of hydrogen-bond donors (Lipinski definition) is 0. The maximum atomic E-state index is 14.9. The van der Waals surface area contributed by atoms with Crippen LogP contribution in [0.5, 0.6) is 0 Å². The Hall–Kier alpha value is -1.71. The normalized spacial score (nSPS) is 22.8. The van der Waals surface area contributed by atoms with Gasteiger partial charge in [0.2, 0.25) is 0 Å². The van der Waals surface area contributed by atoms with Gasteiger partial charge in [-0.15, -0.1) is 0 Å². The zero-order valence-corrected chi connectivity index (χ0v) is 12.1. The molecule has 1 fully saturated rings. The van der Waals surface area contributed by atoms with E-state index < -0.39 is 5.67 Å². The van der Waals surface area contributed by atoms with Crippen LogP contribution in [0.3, 0.4) is 0 Å². The molecule has 3 heterocycles. The van der Waals surface area contributed by atoms with Crippen molar-refractivity contribution in [1.29, 1.82) is 0 Å². The van der Waals surface area contributed by atoms with E-state index in [1.54, 1.807) is 0 Å². The average molecular weight is 285 g/mol. The van der Waals surface area contributed by atoms with Crippen molar-refractivity contribution >= 4 is 0 Å². The van der Waals surface area contributed by atoms with Crippen molar-refractivity contribution in [3.05, 3.63) is 36.5 Å². The molecular weight excluding hydrogens is 265 g/mol. The molecule has 0 bridgehead atoms. The second kappa shape index (κ2) is 4.93. The molecule has 1 unspecified atom stereocenters. The van der Waals surface area contributed by atoms with Gasteiger partial charge in [-0.1, -0.05) is 19.3 Å². The Kier molecular flexibility index (Phi) is 3.05. The molecule has 2 aliphatic rings. The van der Waals surface area contributed by atoms with E-state index in [1.165, 1.54) is 17.5 Å². The van der Waals surface area contributed by atoms with Gasteiger partial charge in [0.1, 0.15) is 5.67 Å². The fourth-order valence-electron chi connectivity index (χ4n) is 3.94. The van der Waals surface area contributed by atoms with Gasteiger partial charge in [-0.2, -0.15) is 0 Å². The molecule has 0 amide bonds. The second-order valence-electron chi connectivity index (χ2n) is 6.42. The average Bonchev–Trinajstić information content (AvgIpc) is 3.07. The van der Waals surface area contributed by atoms with Gasteiger partial charge < -0.3 is 4.57 Å². The highest BCUT2D eigenvalue weighted by atomic mass is 19.1. The molecule has 1 aliphatic heterocycles. The molecule has 0 spiro atoms. The first-order valence-electron chi connectivity index (χ1n) is 7.92. The van der Waals surface area contributed by atoms with Crippen LogP contribution in [-0.4, -0.2) is 20.2 Å². The number of pyridine rings is 1. The van der Waals surface area contributed by atoms with Crippen molar-refractivity contribution in [2.45, 2.75) is 56.7 Å². The van der Waals surface area contributed by atoms with Crippen LogP contribution in [-0.2, 0) is 0 Å². The van der Waals surface area contributed by atoms with E-state index in [4.69, 9.17) is 0 Å². The number of rotatable bonds is 3. The number of fused-ring (bicyclic) bond motifs is 3. The van der Waals surface area contributed by atoms with Gasteiger partial charge in [-0.3, -0.25) is 4.98 Å². The zero-order chi connectivity index (χ0) is 14.3. The molecule has 2 aromatic rings. The topological polar surface area (TPSA) is 30.7 Å². The minimum absolute atomic E-state index is 0.195. The third-order valence-electron chi connectivity index (χ3n) is 5.10. The Balaban J connectivity index is 1.58. The molecule has 1 saturated carbocycles. The zero-order valence-electron chi connectivity index (χ0n) is 12.1. The first-order valence-corrected chi connectivity index (χ1v) is 7.92. The van der Waals surface area contributed by atoms with Crippen LogP contribution in [0.4, 0.5) is 4.39 Å². The lowest BCUT2D eigenvalue weighted by Crippen LogP contribution is -2.27. The quantitative estimate of drug-likeness (QED) is 0.841. The highest BCUT2D eigenvalue weighted by Crippen LogP contribution is 2.44. The van der Waals surface area contributed by atoms with Crippen molar-refractivity contribution in [3.8, 4) is 11.3 Å². The monoisotopic (exact) mass is 285 g/mol. The molecule has 4 rings (SSSR count). The van der Waals surface area contributed by atoms with Gasteiger partial charge in [0.15, 0.2) is 0 Å². The minimum atomic E-state index is -0.954. The Morgan fingerprint density at radius 3 is 2.90 bits per heavy atom. The summed E-state index contributed by atoms with van der Waals surface area (Å²) in [5.41, 5.74) is 2.59. The highest BCUT2D eigenvalue weighted by Gasteiger charge is 2.35. The first-order chi connectivity index (χ1) is 10.3. The number of imidazole rings is 1. The van der Waals surface area contributed by atoms with E-state index in [-0.39, 0.29) is 6.04 Å². The summed E-state index contributed by atoms with van der Waals surface area (Å²) < 4.78 is 17.0. The minimum Gasteiger partial charge on any atom is -0.323 e. The summed E-state index contributed by atoms with van der Waals surface area (Å²) in [4.78, 5) is 8.51. The molecule has 3 nitrogen and oxygen atoms in total. The highest BCUT2D eigenvalue weighted by molar-refractivity contribution is 5.68. The van der Waals surface area contributed by atoms with E-state index >= 15 is 0 Å². The summed E-state index contributed by atoms with van der Waals surface area (Å²) in [6, 6.07) is 2.23. The summed E-state index contributed by atoms with van der Waals surface area (Å²) in [5, 5.41) is 0. The summed E-state index contributed by atoms with van der Waals surface area (Å²) >= 11 is 0. The molecule has 1 aliphatic carbocycles. The van der Waals surface area contributed by atoms with E-state index in [2.05, 4.69) is 14.5 Å². The van der Waals surface area contributed by atoms with Gasteiger partial charge in [-0.05, 0) is 31.7 Å². The maximum Gasteiger partial charge on any atom is 0.111 e. The van der Waals surface area contributed by atoms with Crippen LogP contribution in [0, 0.1) is 0 Å². The third kappa shape index (κ3) is 2.17. The van der Waals surface area contributed by atoms with E-state index in [9.17, 15) is 4.39 Å². The van der Waals surface area contributed by atoms with Crippen molar-refractivity contribution in [3.63, 3.8) is 0 Å². The number of nitrogens with zero attached hydrogens (tertiary/aromatic N) is 3. The lowest BCUT2D eigenvalue weighted by Gasteiger charge is -2.30. The number of alkyl halides is 1. The molecule has 1 atom stereocenters. The summed E-state index contributed by atoms with van der Waals surface area (Å²) in [6.07, 6.45) is 13.7. The first kappa shape index (κ1) is 13.0. The van der Waals surface area contributed by atoms with Gasteiger partial charge in [0.25, 0.3) is 0 Å². The van der Waals surface area contributed by atoms with Crippen LogP contribution >= 0.6 is 0 Å². The molecule has 0 aromatic carbocycles. The molecule has 0 saturated heterocycles. The molecule has 4 heteroatoms. The van der Waals surface area contributed by atoms with Gasteiger partial charge in [0, 0.05) is 23.5 Å². The Morgan fingerprint density at radius 1 is 1.19 bits per heavy atom. The van der Waals surface area contributed by atoms with Crippen LogP contribution < -0.4 is 0 Å². The smallest absolute Gasteiger partial charge is 0.111 e. The fourth-order valence-corrected chi connectivity index (χ4v) is 3.94. The molecule has 21 heavy (non-hydrogen) atoms. The van der Waals surface area contributed by atoms with E-state index in [0.717, 1.165) is 37.8 Å². The molecule has 0 N–H and O–H groups in total. The second-order valence-corrected chi connectivity index (χ2v) is 6.42. The third-order valence-corrected chi connectivity index (χ3v) is 5.10. The number of halogens is 1. The standard InChI is InChI=1S/C17H20FN3/c18-17(6-2-1-3-7-17)8-4-15-14-10-19-9-5-13(14)16-11-20-12-21(15)16/h5,9-12,15H,1-4,6-8H2. The summed E-state index contributed by atoms with van der Waals surface area (Å²) in [6.45, 7) is 0. The summed E-state index contributed by atoms with van der Waals surface area (Å²) in [7, 11) is 0. The van der Waals surface area contributed by atoms with Crippen LogP contribution in [0.2, 0.25) is 0 Å². The van der Waals surface area contributed by atoms with Crippen LogP contribution in [0.25, 0.3) is 11.3 Å². The maximum absolute atomic E-state index is 14.9. The summed E-state index contributed by atoms with van der Waals surface area (Å²) in [5.74, 6) is 0. The van der Waals surface area contributed by atoms with E-state index in [0.29, 0.717) is 6.42 Å². The molecule has 0 radical (unpaired) electrons. The SMILES string of the molecule is FC1(CCC2c3cnccc3-c3cncn32)CCCCC1. The Labute approximate surface area is 124 Å². The molecule has 2 aromatic heterocycles. The lowest BCUT2D eigenvalue weighted by molar-refractivity contribution is 0.0903. The van der Waals surface area contributed by atoms with Crippen molar-refractivity contribution in [2.75, 3.05) is 0 Å². The van der Waals surface area contributed by atoms with Crippen molar-refractivity contribution < 1.29 is 4.39 Å². The predicted octanol–water partition coefficient (Wildman–Crippen LogP) is 4.30. The molecule has 110 valence electrons. The van der Waals surface area contributed by atoms with Crippen molar-refractivity contribution in [1.82, 2.24) is 14.5 Å². The van der Waals surface area contributed by atoms with Gasteiger partial charge in [-0.25, -0.2) is 9.37 Å². The Bertz CT molecular complexity index is 643. The van der Waals surface area contributed by atoms with Crippen molar-refractivity contribution in [2.24, 2.45) is 0 Å². The van der Waals surface area contributed by atoms with Crippen LogP contribution in [0.15, 0.2) is 31.0 Å². The fraction of sp³-hybridized carbons (Fsp3) is 0.529. The van der Waals surface area contributed by atoms with E-state index in [1.807, 2.05) is 31.0 Å².